The summed E-state index contributed by atoms with van der Waals surface area (Å²) in [4.78, 5) is 36.8. The number of imidazole rings is 1. The molecule has 0 saturated carbocycles. The monoisotopic (exact) mass is 583 g/mol. The molecule has 0 aliphatic carbocycles. The lowest BCUT2D eigenvalue weighted by Crippen LogP contribution is -2.41. The number of nitrogens with one attached hydrogen (secondary N) is 2. The Bertz CT molecular complexity index is 1760. The lowest BCUT2D eigenvalue weighted by atomic mass is 9.77. The van der Waals surface area contributed by atoms with E-state index in [2.05, 4.69) is 15.3 Å². The van der Waals surface area contributed by atoms with E-state index in [4.69, 9.17) is 14.5 Å². The molecule has 2 aromatic heterocycles. The van der Waals surface area contributed by atoms with Crippen LogP contribution in [0.25, 0.3) is 11.2 Å². The van der Waals surface area contributed by atoms with Crippen LogP contribution in [0.5, 0.6) is 5.75 Å². The summed E-state index contributed by atoms with van der Waals surface area (Å²) < 4.78 is 28.0. The number of carbonyl (C=O) groups excluding carboxylic acids is 1. The number of fused-ring (bicyclic) bond motifs is 1. The highest BCUT2D eigenvalue weighted by Crippen LogP contribution is 2.43. The van der Waals surface area contributed by atoms with Gasteiger partial charge in [0.15, 0.2) is 35.5 Å². The molecule has 3 heterocycles. The van der Waals surface area contributed by atoms with Gasteiger partial charge in [-0.15, -0.1) is 0 Å². The maximum atomic E-state index is 15.6. The first kappa shape index (κ1) is 28.3. The smallest absolute Gasteiger partial charge is 0.280 e. The van der Waals surface area contributed by atoms with Crippen molar-refractivity contribution in [2.24, 2.45) is 5.92 Å². The van der Waals surface area contributed by atoms with Crippen LogP contribution in [0, 0.1) is 5.92 Å². The first-order valence-electron chi connectivity index (χ1n) is 13.8. The highest BCUT2D eigenvalue weighted by atomic mass is 19.1. The molecule has 0 bridgehead atoms. The Balaban J connectivity index is 1.54. The number of methoxy groups -OCH3 is 1. The minimum atomic E-state index is -1.73. The molecule has 0 amide bonds. The number of benzene rings is 3. The highest BCUT2D eigenvalue weighted by molar-refractivity contribution is 5.72. The Hall–Kier alpha value is -4.87. The molecular weight excluding hydrogens is 553 g/mol. The third-order valence-corrected chi connectivity index (χ3v) is 8.26. The van der Waals surface area contributed by atoms with Crippen molar-refractivity contribution < 1.29 is 23.8 Å². The van der Waals surface area contributed by atoms with Gasteiger partial charge in [0.05, 0.1) is 20.0 Å². The quantitative estimate of drug-likeness (QED) is 0.176. The molecule has 1 saturated heterocycles. The zero-order valence-corrected chi connectivity index (χ0v) is 23.5. The number of anilines is 1. The summed E-state index contributed by atoms with van der Waals surface area (Å²) >= 11 is 0. The fraction of sp³-hybridized carbons (Fsp3) is 0.250. The minimum absolute atomic E-state index is 0.0314. The van der Waals surface area contributed by atoms with Crippen molar-refractivity contribution in [3.05, 3.63) is 118 Å². The van der Waals surface area contributed by atoms with Crippen molar-refractivity contribution in [1.29, 1.82) is 0 Å². The Morgan fingerprint density at radius 1 is 1.07 bits per heavy atom. The molecule has 0 spiro atoms. The number of aliphatic hydroxyl groups excluding tert-OH is 1. The molecule has 11 heteroatoms. The zero-order chi connectivity index (χ0) is 30.2. The SMILES string of the molecule is COc1ccc(C(Nc2nc3c(ncn3[C@@H]3O[C@](C=O)(CO)[C@@H](C)[C@@H]3F)c(=O)[nH]2)(c2ccccc2)c2ccccc2)cc1. The first-order chi connectivity index (χ1) is 20.9. The van der Waals surface area contributed by atoms with Crippen LogP contribution in [-0.2, 0) is 15.1 Å². The van der Waals surface area contributed by atoms with Gasteiger partial charge in [0.25, 0.3) is 5.56 Å². The number of alkyl halides is 1. The van der Waals surface area contributed by atoms with E-state index in [0.29, 0.717) is 12.0 Å². The molecular formula is C32H30FN5O5. The van der Waals surface area contributed by atoms with Crippen molar-refractivity contribution in [2.75, 3.05) is 19.0 Å². The van der Waals surface area contributed by atoms with Crippen molar-refractivity contribution in [3.8, 4) is 5.75 Å². The summed E-state index contributed by atoms with van der Waals surface area (Å²) in [5, 5.41) is 13.4. The number of hydrogen-bond acceptors (Lipinski definition) is 8. The van der Waals surface area contributed by atoms with Gasteiger partial charge < -0.3 is 24.7 Å². The lowest BCUT2D eigenvalue weighted by Gasteiger charge is -2.37. The summed E-state index contributed by atoms with van der Waals surface area (Å²) in [5.74, 6) is -0.180. The fourth-order valence-corrected chi connectivity index (χ4v) is 5.76. The van der Waals surface area contributed by atoms with Crippen LogP contribution in [-0.4, -0.2) is 56.4 Å². The Morgan fingerprint density at radius 3 is 2.21 bits per heavy atom. The van der Waals surface area contributed by atoms with E-state index in [-0.39, 0.29) is 17.1 Å². The maximum absolute atomic E-state index is 15.6. The number of aromatic nitrogens is 4. The third-order valence-electron chi connectivity index (χ3n) is 8.26. The Kier molecular flexibility index (Phi) is 7.28. The van der Waals surface area contributed by atoms with Crippen molar-refractivity contribution in [2.45, 2.75) is 30.5 Å². The molecule has 1 aliphatic rings. The van der Waals surface area contributed by atoms with Gasteiger partial charge in [-0.1, -0.05) is 79.7 Å². The van der Waals surface area contributed by atoms with Crippen molar-refractivity contribution in [3.63, 3.8) is 0 Å². The van der Waals surface area contributed by atoms with Crippen molar-refractivity contribution in [1.82, 2.24) is 19.5 Å². The molecule has 6 rings (SSSR count). The zero-order valence-electron chi connectivity index (χ0n) is 23.5. The Labute approximate surface area is 246 Å². The van der Waals surface area contributed by atoms with E-state index in [1.165, 1.54) is 17.8 Å². The first-order valence-corrected chi connectivity index (χ1v) is 13.8. The summed E-state index contributed by atoms with van der Waals surface area (Å²) in [6.45, 7) is 0.797. The van der Waals surface area contributed by atoms with Crippen LogP contribution in [0.2, 0.25) is 0 Å². The summed E-state index contributed by atoms with van der Waals surface area (Å²) in [7, 11) is 1.60. The molecule has 0 unspecified atom stereocenters. The second-order valence-corrected chi connectivity index (χ2v) is 10.5. The van der Waals surface area contributed by atoms with Gasteiger partial charge in [-0.3, -0.25) is 14.3 Å². The van der Waals surface area contributed by atoms with Gasteiger partial charge in [0, 0.05) is 5.92 Å². The molecule has 5 aromatic rings. The van der Waals surface area contributed by atoms with E-state index in [0.717, 1.165) is 16.7 Å². The van der Waals surface area contributed by atoms with Gasteiger partial charge >= 0.3 is 0 Å². The number of rotatable bonds is 9. The van der Waals surface area contributed by atoms with Crippen LogP contribution < -0.4 is 15.6 Å². The van der Waals surface area contributed by atoms with E-state index >= 15 is 4.39 Å². The summed E-state index contributed by atoms with van der Waals surface area (Å²) in [6.07, 6.45) is -1.35. The van der Waals surface area contributed by atoms with E-state index in [1.54, 1.807) is 7.11 Å². The number of carbonyl (C=O) groups is 1. The number of aldehydes is 1. The largest absolute Gasteiger partial charge is 0.497 e. The summed E-state index contributed by atoms with van der Waals surface area (Å²) in [5.41, 5.74) is -0.762. The number of hydrogen-bond donors (Lipinski definition) is 3. The number of H-pyrrole nitrogens is 1. The minimum Gasteiger partial charge on any atom is -0.497 e. The number of aliphatic hydroxyl groups is 1. The van der Waals surface area contributed by atoms with Crippen LogP contribution >= 0.6 is 0 Å². The predicted molar refractivity (Wildman–Crippen MR) is 158 cm³/mol. The molecule has 3 aromatic carbocycles. The fourth-order valence-electron chi connectivity index (χ4n) is 5.76. The van der Waals surface area contributed by atoms with Gasteiger partial charge in [-0.2, -0.15) is 4.98 Å². The van der Waals surface area contributed by atoms with Crippen LogP contribution in [0.4, 0.5) is 10.3 Å². The molecule has 10 nitrogen and oxygen atoms in total. The molecule has 0 radical (unpaired) electrons. The maximum Gasteiger partial charge on any atom is 0.280 e. The van der Waals surface area contributed by atoms with E-state index in [9.17, 15) is 14.7 Å². The standard InChI is InChI=1S/C32H30FN5O5/c1-20-25(33)29(43-31(20,17-39)18-40)38-19-34-26-27(38)35-30(36-28(26)41)37-32(21-9-5-3-6-10-21,22-11-7-4-8-12-22)23-13-15-24(42-2)16-14-23/h3-17,19-20,25,29,40H,18H2,1-2H3,(H2,35,36,37,41)/t20-,25-,29+,31+/m0/s1. The predicted octanol–water partition coefficient (Wildman–Crippen LogP) is 3.97. The molecule has 43 heavy (non-hydrogen) atoms. The highest BCUT2D eigenvalue weighted by Gasteiger charge is 2.54. The van der Waals surface area contributed by atoms with E-state index < -0.39 is 41.6 Å². The number of aromatic amines is 1. The van der Waals surface area contributed by atoms with Gasteiger partial charge in [0.1, 0.15) is 11.3 Å². The lowest BCUT2D eigenvalue weighted by molar-refractivity contribution is -0.145. The van der Waals surface area contributed by atoms with Crippen LogP contribution in [0.15, 0.2) is 96.1 Å². The average Bonchev–Trinajstić information content (AvgIpc) is 3.59. The second kappa shape index (κ2) is 11.1. The molecule has 3 N–H and O–H groups in total. The Morgan fingerprint density at radius 2 is 1.67 bits per heavy atom. The number of ether oxygens (including phenoxy) is 2. The number of nitrogens with zero attached hydrogens (tertiary/aromatic N) is 3. The van der Waals surface area contributed by atoms with Crippen LogP contribution in [0.3, 0.4) is 0 Å². The number of halogens is 1. The van der Waals surface area contributed by atoms with Crippen LogP contribution in [0.1, 0.15) is 29.8 Å². The van der Waals surface area contributed by atoms with Gasteiger partial charge in [-0.25, -0.2) is 9.37 Å². The van der Waals surface area contributed by atoms with Gasteiger partial charge in [0.2, 0.25) is 5.95 Å². The topological polar surface area (TPSA) is 131 Å². The van der Waals surface area contributed by atoms with Crippen molar-refractivity contribution >= 4 is 23.4 Å². The van der Waals surface area contributed by atoms with E-state index in [1.807, 2.05) is 84.9 Å². The van der Waals surface area contributed by atoms with Gasteiger partial charge in [-0.05, 0) is 28.8 Å². The molecule has 1 aliphatic heterocycles. The third kappa shape index (κ3) is 4.57. The summed E-state index contributed by atoms with van der Waals surface area (Å²) in [6, 6.07) is 27.0. The molecule has 1 fully saturated rings. The molecule has 4 atom stereocenters. The second-order valence-electron chi connectivity index (χ2n) is 10.5. The molecule has 220 valence electrons. The average molecular weight is 584 g/mol. The normalized spacial score (nSPS) is 22.0.